The molecule has 1 aliphatic heterocycles. The molecule has 0 unspecified atom stereocenters. The second kappa shape index (κ2) is 5.61. The number of halogens is 3. The van der Waals surface area contributed by atoms with E-state index in [1.807, 2.05) is 0 Å². The fourth-order valence-corrected chi connectivity index (χ4v) is 2.14. The molecule has 0 saturated carbocycles. The average Bonchev–Trinajstić information content (AvgIpc) is 2.82. The second-order valence-corrected chi connectivity index (χ2v) is 4.55. The molecule has 1 aromatic rings. The van der Waals surface area contributed by atoms with Crippen LogP contribution in [-0.2, 0) is 6.18 Å². The summed E-state index contributed by atoms with van der Waals surface area (Å²) >= 11 is 0. The Hall–Kier alpha value is -1.23. The molecule has 1 aromatic carbocycles. The summed E-state index contributed by atoms with van der Waals surface area (Å²) < 4.78 is 37.0. The summed E-state index contributed by atoms with van der Waals surface area (Å²) in [5, 5.41) is 3.14. The van der Waals surface area contributed by atoms with Crippen LogP contribution < -0.4 is 5.32 Å². The molecule has 100 valence electrons. The van der Waals surface area contributed by atoms with E-state index >= 15 is 0 Å². The van der Waals surface area contributed by atoms with E-state index in [0.717, 1.165) is 44.0 Å². The number of nitrogens with zero attached hydrogens (tertiary/aromatic N) is 1. The first kappa shape index (κ1) is 13.2. The topological polar surface area (TPSA) is 15.3 Å². The zero-order valence-electron chi connectivity index (χ0n) is 10.1. The molecule has 0 radical (unpaired) electrons. The van der Waals surface area contributed by atoms with Gasteiger partial charge in [0.25, 0.3) is 0 Å². The fraction of sp³-hybridized carbons (Fsp3) is 0.538. The quantitative estimate of drug-likeness (QED) is 0.892. The molecule has 0 aliphatic carbocycles. The Morgan fingerprint density at radius 1 is 1.06 bits per heavy atom. The SMILES string of the molecule is FC(F)(F)c1ccc(NCCN2CCCC2)cc1. The van der Waals surface area contributed by atoms with Crippen molar-refractivity contribution in [3.8, 4) is 0 Å². The smallest absolute Gasteiger partial charge is 0.384 e. The average molecular weight is 258 g/mol. The minimum Gasteiger partial charge on any atom is -0.384 e. The molecule has 1 aliphatic rings. The lowest BCUT2D eigenvalue weighted by atomic mass is 10.2. The Balaban J connectivity index is 1.79. The van der Waals surface area contributed by atoms with Crippen molar-refractivity contribution in [2.24, 2.45) is 0 Å². The fourth-order valence-electron chi connectivity index (χ4n) is 2.14. The van der Waals surface area contributed by atoms with E-state index in [0.29, 0.717) is 0 Å². The molecule has 0 aromatic heterocycles. The number of nitrogens with one attached hydrogen (secondary N) is 1. The largest absolute Gasteiger partial charge is 0.416 e. The Labute approximate surface area is 105 Å². The van der Waals surface area contributed by atoms with E-state index in [4.69, 9.17) is 0 Å². The monoisotopic (exact) mass is 258 g/mol. The lowest BCUT2D eigenvalue weighted by molar-refractivity contribution is -0.137. The third-order valence-electron chi connectivity index (χ3n) is 3.17. The van der Waals surface area contributed by atoms with Crippen LogP contribution in [0.2, 0.25) is 0 Å². The van der Waals surface area contributed by atoms with Crippen LogP contribution in [0.25, 0.3) is 0 Å². The normalized spacial score (nSPS) is 17.1. The van der Waals surface area contributed by atoms with Gasteiger partial charge in [0.05, 0.1) is 5.56 Å². The maximum absolute atomic E-state index is 12.3. The highest BCUT2D eigenvalue weighted by Crippen LogP contribution is 2.29. The van der Waals surface area contributed by atoms with Crippen molar-refractivity contribution in [2.75, 3.05) is 31.5 Å². The summed E-state index contributed by atoms with van der Waals surface area (Å²) in [6.07, 6.45) is -1.76. The summed E-state index contributed by atoms with van der Waals surface area (Å²) in [7, 11) is 0. The molecule has 0 atom stereocenters. The van der Waals surface area contributed by atoms with Gasteiger partial charge in [0.1, 0.15) is 0 Å². The van der Waals surface area contributed by atoms with E-state index in [1.165, 1.54) is 25.0 Å². The molecule has 1 N–H and O–H groups in total. The van der Waals surface area contributed by atoms with Crippen molar-refractivity contribution < 1.29 is 13.2 Å². The van der Waals surface area contributed by atoms with E-state index in [9.17, 15) is 13.2 Å². The van der Waals surface area contributed by atoms with Gasteiger partial charge < -0.3 is 10.2 Å². The van der Waals surface area contributed by atoms with Gasteiger partial charge in [-0.15, -0.1) is 0 Å². The Morgan fingerprint density at radius 3 is 2.22 bits per heavy atom. The molecule has 2 rings (SSSR count). The first-order valence-corrected chi connectivity index (χ1v) is 6.19. The Kier molecular flexibility index (Phi) is 4.11. The highest BCUT2D eigenvalue weighted by molar-refractivity contribution is 5.45. The molecule has 2 nitrogen and oxygen atoms in total. The van der Waals surface area contributed by atoms with Crippen LogP contribution in [0.15, 0.2) is 24.3 Å². The van der Waals surface area contributed by atoms with Crippen molar-refractivity contribution in [1.82, 2.24) is 4.90 Å². The van der Waals surface area contributed by atoms with Crippen LogP contribution in [0, 0.1) is 0 Å². The van der Waals surface area contributed by atoms with Crippen molar-refractivity contribution in [3.05, 3.63) is 29.8 Å². The zero-order valence-corrected chi connectivity index (χ0v) is 10.1. The van der Waals surface area contributed by atoms with Gasteiger partial charge in [-0.25, -0.2) is 0 Å². The molecule has 0 bridgehead atoms. The number of rotatable bonds is 4. The number of anilines is 1. The number of hydrogen-bond donors (Lipinski definition) is 1. The van der Waals surface area contributed by atoms with Crippen LogP contribution in [0.3, 0.4) is 0 Å². The van der Waals surface area contributed by atoms with E-state index in [2.05, 4.69) is 10.2 Å². The first-order valence-electron chi connectivity index (χ1n) is 6.19. The van der Waals surface area contributed by atoms with Gasteiger partial charge in [-0.05, 0) is 50.2 Å². The Morgan fingerprint density at radius 2 is 1.67 bits per heavy atom. The third kappa shape index (κ3) is 3.63. The van der Waals surface area contributed by atoms with E-state index < -0.39 is 11.7 Å². The van der Waals surface area contributed by atoms with Crippen LogP contribution in [0.4, 0.5) is 18.9 Å². The lowest BCUT2D eigenvalue weighted by Gasteiger charge is -2.15. The first-order chi connectivity index (χ1) is 8.55. The van der Waals surface area contributed by atoms with E-state index in [1.54, 1.807) is 0 Å². The highest BCUT2D eigenvalue weighted by Gasteiger charge is 2.29. The molecule has 0 spiro atoms. The van der Waals surface area contributed by atoms with E-state index in [-0.39, 0.29) is 0 Å². The molecule has 0 amide bonds. The van der Waals surface area contributed by atoms with Gasteiger partial charge in [0.2, 0.25) is 0 Å². The number of alkyl halides is 3. The summed E-state index contributed by atoms with van der Waals surface area (Å²) in [5.41, 5.74) is 0.134. The maximum Gasteiger partial charge on any atom is 0.416 e. The minimum absolute atomic E-state index is 0.604. The van der Waals surface area contributed by atoms with Crippen LogP contribution in [0.5, 0.6) is 0 Å². The molecule has 1 saturated heterocycles. The molecular formula is C13H17F3N2. The van der Waals surface area contributed by atoms with Crippen molar-refractivity contribution in [2.45, 2.75) is 19.0 Å². The molecule has 5 heteroatoms. The summed E-state index contributed by atoms with van der Waals surface area (Å²) in [6.45, 7) is 3.98. The summed E-state index contributed by atoms with van der Waals surface area (Å²) in [5.74, 6) is 0. The van der Waals surface area contributed by atoms with Gasteiger partial charge in [0, 0.05) is 18.8 Å². The second-order valence-electron chi connectivity index (χ2n) is 4.55. The maximum atomic E-state index is 12.3. The molecule has 1 fully saturated rings. The Bertz CT molecular complexity index is 367. The predicted octanol–water partition coefficient (Wildman–Crippen LogP) is 3.21. The van der Waals surface area contributed by atoms with Gasteiger partial charge in [-0.1, -0.05) is 0 Å². The standard InChI is InChI=1S/C13H17F3N2/c14-13(15,16)11-3-5-12(6-4-11)17-7-10-18-8-1-2-9-18/h3-6,17H,1-2,7-10H2. The van der Waals surface area contributed by atoms with Crippen LogP contribution in [-0.4, -0.2) is 31.1 Å². The van der Waals surface area contributed by atoms with Crippen LogP contribution in [0.1, 0.15) is 18.4 Å². The molecule has 18 heavy (non-hydrogen) atoms. The zero-order chi connectivity index (χ0) is 13.0. The summed E-state index contributed by atoms with van der Waals surface area (Å²) in [6, 6.07) is 5.18. The number of hydrogen-bond acceptors (Lipinski definition) is 2. The van der Waals surface area contributed by atoms with Crippen molar-refractivity contribution in [3.63, 3.8) is 0 Å². The van der Waals surface area contributed by atoms with Gasteiger partial charge in [0.15, 0.2) is 0 Å². The number of benzene rings is 1. The highest BCUT2D eigenvalue weighted by atomic mass is 19.4. The number of likely N-dealkylation sites (tertiary alicyclic amines) is 1. The predicted molar refractivity (Wildman–Crippen MR) is 65.6 cm³/mol. The lowest BCUT2D eigenvalue weighted by Crippen LogP contribution is -2.25. The van der Waals surface area contributed by atoms with Crippen molar-refractivity contribution in [1.29, 1.82) is 0 Å². The third-order valence-corrected chi connectivity index (χ3v) is 3.17. The molecular weight excluding hydrogens is 241 g/mol. The summed E-state index contributed by atoms with van der Waals surface area (Å²) in [4.78, 5) is 2.36. The van der Waals surface area contributed by atoms with Gasteiger partial charge in [-0.2, -0.15) is 13.2 Å². The van der Waals surface area contributed by atoms with Gasteiger partial charge >= 0.3 is 6.18 Å². The van der Waals surface area contributed by atoms with Crippen molar-refractivity contribution >= 4 is 5.69 Å². The molecule has 1 heterocycles. The van der Waals surface area contributed by atoms with Crippen LogP contribution >= 0.6 is 0 Å². The van der Waals surface area contributed by atoms with Gasteiger partial charge in [-0.3, -0.25) is 0 Å². The minimum atomic E-state index is -4.26.